The standard InChI is InChI=1S/C25H31N7O6/c33-21-7-3-11-30(21)12-4-10-26-22(34)23-28-20(29-38-23)15-27-24(35)32-19-6-2-1-5-18(19)31(25(32)36)16-17-8-13-37-14-9-17/h1-2,5-6,17H,3-4,7-16H2,(H,26,34)(H,27,35). The van der Waals surface area contributed by atoms with E-state index in [1.807, 2.05) is 12.1 Å². The summed E-state index contributed by atoms with van der Waals surface area (Å²) >= 11 is 0. The number of para-hydroxylation sites is 2. The van der Waals surface area contributed by atoms with E-state index in [1.54, 1.807) is 21.6 Å². The topological polar surface area (TPSA) is 154 Å². The highest BCUT2D eigenvalue weighted by Gasteiger charge is 2.23. The van der Waals surface area contributed by atoms with Crippen LogP contribution < -0.4 is 16.3 Å². The molecule has 0 radical (unpaired) electrons. The van der Waals surface area contributed by atoms with E-state index in [-0.39, 0.29) is 24.2 Å². The minimum atomic E-state index is -0.621. The van der Waals surface area contributed by atoms with Crippen LogP contribution in [0.4, 0.5) is 4.79 Å². The second kappa shape index (κ2) is 11.6. The van der Waals surface area contributed by atoms with Gasteiger partial charge in [-0.1, -0.05) is 17.3 Å². The molecular weight excluding hydrogens is 494 g/mol. The molecule has 2 aliphatic heterocycles. The average molecular weight is 526 g/mol. The van der Waals surface area contributed by atoms with E-state index in [2.05, 4.69) is 20.8 Å². The van der Waals surface area contributed by atoms with E-state index in [4.69, 9.17) is 9.26 Å². The molecule has 2 fully saturated rings. The van der Waals surface area contributed by atoms with Gasteiger partial charge in [-0.05, 0) is 43.7 Å². The fourth-order valence-electron chi connectivity index (χ4n) is 4.91. The number of imidazole rings is 1. The van der Waals surface area contributed by atoms with Crippen LogP contribution in [0.15, 0.2) is 33.6 Å². The van der Waals surface area contributed by atoms with Crippen molar-refractivity contribution in [1.29, 1.82) is 0 Å². The molecule has 0 bridgehead atoms. The van der Waals surface area contributed by atoms with Gasteiger partial charge in [-0.15, -0.1) is 0 Å². The second-order valence-electron chi connectivity index (χ2n) is 9.54. The van der Waals surface area contributed by atoms with Crippen molar-refractivity contribution in [2.45, 2.75) is 45.2 Å². The van der Waals surface area contributed by atoms with Crippen molar-refractivity contribution in [3.8, 4) is 0 Å². The first-order chi connectivity index (χ1) is 18.5. The number of nitrogens with one attached hydrogen (secondary N) is 2. The fourth-order valence-corrected chi connectivity index (χ4v) is 4.91. The van der Waals surface area contributed by atoms with Crippen LogP contribution in [-0.4, -0.2) is 74.9 Å². The van der Waals surface area contributed by atoms with Gasteiger partial charge in [-0.3, -0.25) is 14.2 Å². The molecule has 0 unspecified atom stereocenters. The second-order valence-corrected chi connectivity index (χ2v) is 9.54. The lowest BCUT2D eigenvalue weighted by molar-refractivity contribution is -0.127. The minimum Gasteiger partial charge on any atom is -0.381 e. The van der Waals surface area contributed by atoms with Gasteiger partial charge in [0.25, 0.3) is 0 Å². The van der Waals surface area contributed by atoms with Gasteiger partial charge in [0.15, 0.2) is 5.82 Å². The smallest absolute Gasteiger partial charge is 0.337 e. The predicted molar refractivity (Wildman–Crippen MR) is 134 cm³/mol. The molecule has 13 nitrogen and oxygen atoms in total. The van der Waals surface area contributed by atoms with E-state index in [9.17, 15) is 19.2 Å². The average Bonchev–Trinajstić information content (AvgIpc) is 3.64. The molecule has 5 rings (SSSR count). The summed E-state index contributed by atoms with van der Waals surface area (Å²) in [6.45, 7) is 3.43. The van der Waals surface area contributed by atoms with Gasteiger partial charge in [0.2, 0.25) is 5.91 Å². The van der Waals surface area contributed by atoms with Gasteiger partial charge in [0.1, 0.15) is 0 Å². The van der Waals surface area contributed by atoms with Crippen molar-refractivity contribution in [2.75, 3.05) is 32.8 Å². The van der Waals surface area contributed by atoms with E-state index >= 15 is 0 Å². The first-order valence-corrected chi connectivity index (χ1v) is 13.0. The van der Waals surface area contributed by atoms with Crippen LogP contribution in [0.25, 0.3) is 11.0 Å². The lowest BCUT2D eigenvalue weighted by Crippen LogP contribution is -2.37. The molecule has 1 aromatic carbocycles. The largest absolute Gasteiger partial charge is 0.381 e. The van der Waals surface area contributed by atoms with Crippen LogP contribution in [0.2, 0.25) is 0 Å². The number of aromatic nitrogens is 4. The Morgan fingerprint density at radius 1 is 1.08 bits per heavy atom. The maximum Gasteiger partial charge on any atom is 0.337 e. The Labute approximate surface area is 218 Å². The molecule has 2 N–H and O–H groups in total. The summed E-state index contributed by atoms with van der Waals surface area (Å²) in [6.07, 6.45) is 3.81. The molecule has 2 aromatic heterocycles. The molecule has 4 heterocycles. The Hall–Kier alpha value is -4.00. The third-order valence-corrected chi connectivity index (χ3v) is 6.94. The number of carbonyl (C=O) groups is 3. The summed E-state index contributed by atoms with van der Waals surface area (Å²) in [5.74, 6) is -0.210. The Bertz CT molecular complexity index is 1370. The summed E-state index contributed by atoms with van der Waals surface area (Å²) < 4.78 is 13.2. The number of nitrogens with zero attached hydrogens (tertiary/aromatic N) is 5. The summed E-state index contributed by atoms with van der Waals surface area (Å²) in [5, 5.41) is 9.08. The van der Waals surface area contributed by atoms with Crippen molar-refractivity contribution in [1.82, 2.24) is 34.8 Å². The van der Waals surface area contributed by atoms with Gasteiger partial charge in [0, 0.05) is 45.8 Å². The van der Waals surface area contributed by atoms with E-state index < -0.39 is 17.6 Å². The quantitative estimate of drug-likeness (QED) is 0.394. The zero-order valence-corrected chi connectivity index (χ0v) is 21.1. The van der Waals surface area contributed by atoms with Gasteiger partial charge in [-0.2, -0.15) is 4.98 Å². The molecule has 202 valence electrons. The fraction of sp³-hybridized carbons (Fsp3) is 0.520. The molecule has 13 heteroatoms. The Kier molecular flexibility index (Phi) is 7.82. The lowest BCUT2D eigenvalue weighted by atomic mass is 10.0. The number of benzene rings is 1. The van der Waals surface area contributed by atoms with Gasteiger partial charge in [-0.25, -0.2) is 14.2 Å². The van der Waals surface area contributed by atoms with Crippen LogP contribution >= 0.6 is 0 Å². The monoisotopic (exact) mass is 525 g/mol. The van der Waals surface area contributed by atoms with Crippen LogP contribution in [0.1, 0.15) is 48.6 Å². The molecule has 2 saturated heterocycles. The summed E-state index contributed by atoms with van der Waals surface area (Å²) in [7, 11) is 0. The Morgan fingerprint density at radius 2 is 1.87 bits per heavy atom. The van der Waals surface area contributed by atoms with E-state index in [0.29, 0.717) is 62.6 Å². The molecule has 3 aromatic rings. The van der Waals surface area contributed by atoms with Crippen molar-refractivity contribution < 1.29 is 23.6 Å². The molecule has 0 aliphatic carbocycles. The zero-order chi connectivity index (χ0) is 26.5. The zero-order valence-electron chi connectivity index (χ0n) is 21.1. The van der Waals surface area contributed by atoms with Gasteiger partial charge in [0.05, 0.1) is 17.6 Å². The first kappa shape index (κ1) is 25.6. The number of likely N-dealkylation sites (tertiary alicyclic amines) is 1. The number of fused-ring (bicyclic) bond motifs is 1. The number of carbonyl (C=O) groups excluding carboxylic acids is 3. The molecular formula is C25H31N7O6. The van der Waals surface area contributed by atoms with Crippen LogP contribution in [0.3, 0.4) is 0 Å². The maximum atomic E-state index is 13.2. The van der Waals surface area contributed by atoms with Crippen LogP contribution in [0.5, 0.6) is 0 Å². The number of hydrogen-bond donors (Lipinski definition) is 2. The van der Waals surface area contributed by atoms with Crippen LogP contribution in [-0.2, 0) is 22.6 Å². The molecule has 0 saturated carbocycles. The minimum absolute atomic E-state index is 0.102. The highest BCUT2D eigenvalue weighted by Crippen LogP contribution is 2.20. The molecule has 0 atom stereocenters. The SMILES string of the molecule is O=C(NCCCN1CCCC1=O)c1nc(CNC(=O)n2c(=O)n(CC3CCOCC3)c3ccccc32)no1. The molecule has 3 amide bonds. The lowest BCUT2D eigenvalue weighted by Gasteiger charge is -2.22. The van der Waals surface area contributed by atoms with Gasteiger partial charge < -0.3 is 24.8 Å². The Balaban J connectivity index is 1.17. The number of amides is 3. The summed E-state index contributed by atoms with van der Waals surface area (Å²) in [6, 6.07) is 6.55. The highest BCUT2D eigenvalue weighted by atomic mass is 16.5. The molecule has 2 aliphatic rings. The molecule has 38 heavy (non-hydrogen) atoms. The van der Waals surface area contributed by atoms with E-state index in [1.165, 1.54) is 0 Å². The Morgan fingerprint density at radius 3 is 2.63 bits per heavy atom. The number of ether oxygens (including phenoxy) is 1. The third-order valence-electron chi connectivity index (χ3n) is 6.94. The highest BCUT2D eigenvalue weighted by molar-refractivity contribution is 5.90. The normalized spacial score (nSPS) is 16.3. The molecule has 0 spiro atoms. The van der Waals surface area contributed by atoms with Crippen LogP contribution in [0, 0.1) is 5.92 Å². The van der Waals surface area contributed by atoms with E-state index in [0.717, 1.165) is 30.4 Å². The number of hydrogen-bond acceptors (Lipinski definition) is 8. The van der Waals surface area contributed by atoms with Crippen molar-refractivity contribution in [3.63, 3.8) is 0 Å². The summed E-state index contributed by atoms with van der Waals surface area (Å²) in [5.41, 5.74) is 0.775. The first-order valence-electron chi connectivity index (χ1n) is 13.0. The maximum absolute atomic E-state index is 13.2. The van der Waals surface area contributed by atoms with Crippen molar-refractivity contribution in [3.05, 3.63) is 46.5 Å². The van der Waals surface area contributed by atoms with Crippen molar-refractivity contribution >= 4 is 28.9 Å². The van der Waals surface area contributed by atoms with Crippen molar-refractivity contribution in [2.24, 2.45) is 5.92 Å². The predicted octanol–water partition coefficient (Wildman–Crippen LogP) is 1.11. The van der Waals surface area contributed by atoms with Gasteiger partial charge >= 0.3 is 23.5 Å². The number of rotatable bonds is 9. The third kappa shape index (κ3) is 5.62. The summed E-state index contributed by atoms with van der Waals surface area (Å²) in [4.78, 5) is 56.0.